The summed E-state index contributed by atoms with van der Waals surface area (Å²) in [6, 6.07) is 0. The van der Waals surface area contributed by atoms with Crippen LogP contribution in [-0.4, -0.2) is 39.5 Å². The monoisotopic (exact) mass is 173 g/mol. The Morgan fingerprint density at radius 1 is 1.67 bits per heavy atom. The van der Waals surface area contributed by atoms with E-state index < -0.39 is 0 Å². The van der Waals surface area contributed by atoms with Gasteiger partial charge < -0.3 is 14.8 Å². The van der Waals surface area contributed by atoms with E-state index in [-0.39, 0.29) is 0 Å². The summed E-state index contributed by atoms with van der Waals surface area (Å²) >= 11 is 0. The summed E-state index contributed by atoms with van der Waals surface area (Å²) in [5.41, 5.74) is 0. The smallest absolute Gasteiger partial charge is 0.0830 e. The molecule has 1 saturated heterocycles. The first-order valence-electron chi connectivity index (χ1n) is 4.67. The van der Waals surface area contributed by atoms with E-state index in [1.54, 1.807) is 0 Å². The molecule has 1 aliphatic heterocycles. The summed E-state index contributed by atoms with van der Waals surface area (Å²) < 4.78 is 10.9. The summed E-state index contributed by atoms with van der Waals surface area (Å²) in [6.45, 7) is 5.70. The van der Waals surface area contributed by atoms with Crippen molar-refractivity contribution < 1.29 is 9.47 Å². The zero-order valence-electron chi connectivity index (χ0n) is 8.01. The Balaban J connectivity index is 1.99. The van der Waals surface area contributed by atoms with Gasteiger partial charge in [-0.2, -0.15) is 0 Å². The molecule has 3 nitrogen and oxygen atoms in total. The maximum absolute atomic E-state index is 5.65. The molecule has 0 radical (unpaired) electrons. The molecule has 3 heteroatoms. The molecule has 1 fully saturated rings. The number of nitrogens with one attached hydrogen (secondary N) is 1. The highest BCUT2D eigenvalue weighted by Gasteiger charge is 2.16. The third-order valence-corrected chi connectivity index (χ3v) is 2.06. The van der Waals surface area contributed by atoms with E-state index in [9.17, 15) is 0 Å². The van der Waals surface area contributed by atoms with Crippen LogP contribution in [0.2, 0.25) is 0 Å². The lowest BCUT2D eigenvalue weighted by Gasteiger charge is -2.14. The first-order valence-corrected chi connectivity index (χ1v) is 4.67. The fourth-order valence-corrected chi connectivity index (χ4v) is 1.35. The zero-order chi connectivity index (χ0) is 8.81. The molecule has 0 aliphatic carbocycles. The van der Waals surface area contributed by atoms with Crippen molar-refractivity contribution in [2.75, 3.05) is 33.4 Å². The number of ether oxygens (including phenoxy) is 2. The van der Waals surface area contributed by atoms with Crippen molar-refractivity contribution in [1.82, 2.24) is 5.32 Å². The van der Waals surface area contributed by atoms with E-state index in [1.165, 1.54) is 0 Å². The van der Waals surface area contributed by atoms with Gasteiger partial charge in [0, 0.05) is 6.61 Å². The average Bonchev–Trinajstić information content (AvgIpc) is 2.53. The summed E-state index contributed by atoms with van der Waals surface area (Å²) in [5, 5.41) is 3.13. The fourth-order valence-electron chi connectivity index (χ4n) is 1.35. The second kappa shape index (κ2) is 5.51. The van der Waals surface area contributed by atoms with Crippen LogP contribution in [0.1, 0.15) is 13.3 Å². The Bertz CT molecular complexity index is 113. The molecule has 0 aromatic carbocycles. The third kappa shape index (κ3) is 3.52. The lowest BCUT2D eigenvalue weighted by molar-refractivity contribution is 0.0254. The molecule has 0 amide bonds. The Labute approximate surface area is 74.4 Å². The largest absolute Gasteiger partial charge is 0.379 e. The minimum absolute atomic E-state index is 0.351. The fraction of sp³-hybridized carbons (Fsp3) is 1.00. The van der Waals surface area contributed by atoms with Crippen molar-refractivity contribution in [2.45, 2.75) is 19.4 Å². The van der Waals surface area contributed by atoms with Crippen LogP contribution in [0.4, 0.5) is 0 Å². The Hall–Kier alpha value is -0.120. The molecule has 1 heterocycles. The minimum atomic E-state index is 0.351. The van der Waals surface area contributed by atoms with Gasteiger partial charge in [-0.05, 0) is 25.9 Å². The van der Waals surface area contributed by atoms with Crippen LogP contribution in [0.25, 0.3) is 0 Å². The zero-order valence-corrected chi connectivity index (χ0v) is 8.01. The average molecular weight is 173 g/mol. The van der Waals surface area contributed by atoms with E-state index >= 15 is 0 Å². The molecular weight excluding hydrogens is 154 g/mol. The first kappa shape index (κ1) is 9.96. The molecule has 0 aromatic rings. The first-order chi connectivity index (χ1) is 5.83. The van der Waals surface area contributed by atoms with E-state index in [4.69, 9.17) is 9.47 Å². The predicted molar refractivity (Wildman–Crippen MR) is 48.3 cm³/mol. The maximum Gasteiger partial charge on any atom is 0.0830 e. The SMILES string of the molecule is CNCC(C)COC1CCOC1. The topological polar surface area (TPSA) is 30.5 Å². The minimum Gasteiger partial charge on any atom is -0.379 e. The Morgan fingerprint density at radius 3 is 3.08 bits per heavy atom. The van der Waals surface area contributed by atoms with Crippen molar-refractivity contribution in [2.24, 2.45) is 5.92 Å². The van der Waals surface area contributed by atoms with Gasteiger partial charge in [-0.1, -0.05) is 6.92 Å². The Morgan fingerprint density at radius 2 is 2.50 bits per heavy atom. The normalized spacial score (nSPS) is 26.0. The van der Waals surface area contributed by atoms with Crippen molar-refractivity contribution in [1.29, 1.82) is 0 Å². The lowest BCUT2D eigenvalue weighted by Crippen LogP contribution is -2.23. The molecule has 12 heavy (non-hydrogen) atoms. The highest BCUT2D eigenvalue weighted by molar-refractivity contribution is 4.64. The molecule has 2 atom stereocenters. The summed E-state index contributed by atoms with van der Waals surface area (Å²) in [5.74, 6) is 0.593. The van der Waals surface area contributed by atoms with Crippen LogP contribution in [0.15, 0.2) is 0 Å². The summed E-state index contributed by atoms with van der Waals surface area (Å²) in [4.78, 5) is 0. The number of rotatable bonds is 5. The lowest BCUT2D eigenvalue weighted by atomic mass is 10.2. The molecule has 1 rings (SSSR count). The maximum atomic E-state index is 5.65. The van der Waals surface area contributed by atoms with Crippen LogP contribution in [0.5, 0.6) is 0 Å². The Kier molecular flexibility index (Phi) is 4.58. The predicted octanol–water partition coefficient (Wildman–Crippen LogP) is 0.647. The van der Waals surface area contributed by atoms with Crippen molar-refractivity contribution in [3.8, 4) is 0 Å². The van der Waals surface area contributed by atoms with E-state index in [1.807, 2.05) is 7.05 Å². The van der Waals surface area contributed by atoms with Gasteiger partial charge in [0.1, 0.15) is 0 Å². The van der Waals surface area contributed by atoms with Crippen molar-refractivity contribution >= 4 is 0 Å². The van der Waals surface area contributed by atoms with Gasteiger partial charge >= 0.3 is 0 Å². The van der Waals surface area contributed by atoms with E-state index in [0.717, 1.165) is 32.8 Å². The van der Waals surface area contributed by atoms with Gasteiger partial charge in [0.2, 0.25) is 0 Å². The van der Waals surface area contributed by atoms with Gasteiger partial charge in [-0.25, -0.2) is 0 Å². The number of hydrogen-bond donors (Lipinski definition) is 1. The van der Waals surface area contributed by atoms with Crippen LogP contribution >= 0.6 is 0 Å². The second-order valence-electron chi connectivity index (χ2n) is 3.48. The van der Waals surface area contributed by atoms with Crippen LogP contribution < -0.4 is 5.32 Å². The summed E-state index contributed by atoms with van der Waals surface area (Å²) in [7, 11) is 1.97. The van der Waals surface area contributed by atoms with Crippen molar-refractivity contribution in [3.05, 3.63) is 0 Å². The highest BCUT2D eigenvalue weighted by atomic mass is 16.5. The van der Waals surface area contributed by atoms with Crippen LogP contribution in [0.3, 0.4) is 0 Å². The van der Waals surface area contributed by atoms with Gasteiger partial charge in [0.05, 0.1) is 19.3 Å². The molecule has 0 bridgehead atoms. The second-order valence-corrected chi connectivity index (χ2v) is 3.48. The van der Waals surface area contributed by atoms with Crippen LogP contribution in [-0.2, 0) is 9.47 Å². The van der Waals surface area contributed by atoms with Gasteiger partial charge in [-0.3, -0.25) is 0 Å². The molecule has 1 N–H and O–H groups in total. The highest BCUT2D eigenvalue weighted by Crippen LogP contribution is 2.09. The van der Waals surface area contributed by atoms with Gasteiger partial charge in [0.25, 0.3) is 0 Å². The third-order valence-electron chi connectivity index (χ3n) is 2.06. The molecule has 0 saturated carbocycles. The van der Waals surface area contributed by atoms with Crippen molar-refractivity contribution in [3.63, 3.8) is 0 Å². The molecule has 0 aromatic heterocycles. The van der Waals surface area contributed by atoms with Gasteiger partial charge in [0.15, 0.2) is 0 Å². The molecule has 2 unspecified atom stereocenters. The van der Waals surface area contributed by atoms with E-state index in [0.29, 0.717) is 12.0 Å². The quantitative estimate of drug-likeness (QED) is 0.662. The summed E-state index contributed by atoms with van der Waals surface area (Å²) in [6.07, 6.45) is 1.41. The molecular formula is C9H19NO2. The van der Waals surface area contributed by atoms with Gasteiger partial charge in [-0.15, -0.1) is 0 Å². The van der Waals surface area contributed by atoms with Crippen LogP contribution in [0, 0.1) is 5.92 Å². The number of hydrogen-bond acceptors (Lipinski definition) is 3. The molecule has 72 valence electrons. The standard InChI is InChI=1S/C9H19NO2/c1-8(5-10-2)6-12-9-3-4-11-7-9/h8-10H,3-7H2,1-2H3. The molecule has 1 aliphatic rings. The molecule has 0 spiro atoms. The van der Waals surface area contributed by atoms with E-state index in [2.05, 4.69) is 12.2 Å².